The molecular weight excluding hydrogens is 388 g/mol. The highest BCUT2D eigenvalue weighted by Crippen LogP contribution is 2.27. The second-order valence-corrected chi connectivity index (χ2v) is 7.54. The van der Waals surface area contributed by atoms with Crippen molar-refractivity contribution in [3.8, 4) is 22.8 Å². The molecule has 0 radical (unpaired) electrons. The fraction of sp³-hybridized carbons (Fsp3) is 0.286. The molecule has 1 fully saturated rings. The van der Waals surface area contributed by atoms with Crippen LogP contribution in [0, 0.1) is 18.6 Å². The maximum Gasteiger partial charge on any atom is 0.168 e. The maximum absolute atomic E-state index is 14.6. The van der Waals surface area contributed by atoms with E-state index in [1.165, 1.54) is 0 Å². The molecule has 9 heteroatoms. The average molecular weight is 409 g/mol. The van der Waals surface area contributed by atoms with Gasteiger partial charge in [-0.05, 0) is 38.4 Å². The Hall–Kier alpha value is -3.33. The zero-order chi connectivity index (χ0) is 20.7. The van der Waals surface area contributed by atoms with Crippen LogP contribution in [0.2, 0.25) is 0 Å². The first-order valence-corrected chi connectivity index (χ1v) is 9.91. The van der Waals surface area contributed by atoms with Crippen LogP contribution < -0.4 is 10.6 Å². The second-order valence-electron chi connectivity index (χ2n) is 7.54. The van der Waals surface area contributed by atoms with Crippen molar-refractivity contribution in [1.82, 2.24) is 29.7 Å². The van der Waals surface area contributed by atoms with Gasteiger partial charge in [0.05, 0.1) is 11.9 Å². The molecule has 0 aromatic carbocycles. The summed E-state index contributed by atoms with van der Waals surface area (Å²) < 4.78 is 30.7. The number of rotatable bonds is 4. The van der Waals surface area contributed by atoms with Crippen molar-refractivity contribution in [2.75, 3.05) is 18.4 Å². The predicted molar refractivity (Wildman–Crippen MR) is 110 cm³/mol. The van der Waals surface area contributed by atoms with Crippen LogP contribution in [0.5, 0.6) is 0 Å². The molecule has 30 heavy (non-hydrogen) atoms. The summed E-state index contributed by atoms with van der Waals surface area (Å²) in [6, 6.07) is 4.65. The van der Waals surface area contributed by atoms with E-state index in [4.69, 9.17) is 0 Å². The Labute approximate surface area is 171 Å². The van der Waals surface area contributed by atoms with E-state index in [2.05, 4.69) is 30.6 Å². The number of aromatic nitrogens is 5. The second kappa shape index (κ2) is 7.49. The summed E-state index contributed by atoms with van der Waals surface area (Å²) in [5.41, 5.74) is 2.95. The van der Waals surface area contributed by atoms with Crippen LogP contribution in [-0.2, 0) is 0 Å². The van der Waals surface area contributed by atoms with Gasteiger partial charge in [0.2, 0.25) is 0 Å². The molecule has 4 aromatic heterocycles. The Bertz CT molecular complexity index is 1210. The Balaban J connectivity index is 1.52. The highest BCUT2D eigenvalue weighted by molar-refractivity contribution is 5.67. The number of halogens is 2. The molecule has 1 unspecified atom stereocenters. The molecular formula is C21H21F2N7. The van der Waals surface area contributed by atoms with Gasteiger partial charge >= 0.3 is 0 Å². The molecule has 5 rings (SSSR count). The molecule has 0 amide bonds. The third kappa shape index (κ3) is 3.41. The minimum Gasteiger partial charge on any atom is -0.364 e. The Morgan fingerprint density at radius 1 is 1.17 bits per heavy atom. The number of anilines is 1. The first-order chi connectivity index (χ1) is 14.6. The third-order valence-electron chi connectivity index (χ3n) is 5.30. The van der Waals surface area contributed by atoms with Gasteiger partial charge in [0, 0.05) is 42.3 Å². The summed E-state index contributed by atoms with van der Waals surface area (Å²) >= 11 is 0. The first kappa shape index (κ1) is 18.7. The lowest BCUT2D eigenvalue weighted by Crippen LogP contribution is -2.38. The number of aromatic amines is 1. The summed E-state index contributed by atoms with van der Waals surface area (Å²) in [4.78, 5) is 16.2. The summed E-state index contributed by atoms with van der Waals surface area (Å²) in [5, 5.41) is 6.37. The van der Waals surface area contributed by atoms with Crippen LogP contribution in [-0.4, -0.2) is 43.5 Å². The van der Waals surface area contributed by atoms with Crippen LogP contribution in [0.25, 0.3) is 28.4 Å². The number of aryl methyl sites for hydroxylation is 1. The zero-order valence-corrected chi connectivity index (χ0v) is 16.4. The van der Waals surface area contributed by atoms with Crippen molar-refractivity contribution in [2.24, 2.45) is 0 Å². The number of hydrogen-bond donors (Lipinski definition) is 3. The van der Waals surface area contributed by atoms with Crippen LogP contribution in [0.3, 0.4) is 0 Å². The minimum atomic E-state index is -0.729. The Morgan fingerprint density at radius 3 is 2.83 bits per heavy atom. The van der Waals surface area contributed by atoms with E-state index < -0.39 is 11.6 Å². The van der Waals surface area contributed by atoms with Crippen LogP contribution in [0.4, 0.5) is 14.6 Å². The summed E-state index contributed by atoms with van der Waals surface area (Å²) in [6.45, 7) is 3.60. The number of hydrogen-bond acceptors (Lipinski definition) is 5. The molecule has 1 aliphatic heterocycles. The minimum absolute atomic E-state index is 0.0526. The van der Waals surface area contributed by atoms with Crippen molar-refractivity contribution in [3.63, 3.8) is 0 Å². The summed E-state index contributed by atoms with van der Waals surface area (Å²) in [5.74, 6) is -0.644. The van der Waals surface area contributed by atoms with Gasteiger partial charge in [-0.2, -0.15) is 0 Å². The van der Waals surface area contributed by atoms with Crippen LogP contribution >= 0.6 is 0 Å². The Morgan fingerprint density at radius 2 is 2.07 bits per heavy atom. The maximum atomic E-state index is 14.6. The molecule has 0 saturated carbocycles. The van der Waals surface area contributed by atoms with Gasteiger partial charge in [-0.25, -0.2) is 23.7 Å². The van der Waals surface area contributed by atoms with Gasteiger partial charge in [0.25, 0.3) is 0 Å². The summed E-state index contributed by atoms with van der Waals surface area (Å²) in [7, 11) is 0. The number of fused-ring (bicyclic) bond motifs is 1. The van der Waals surface area contributed by atoms with Gasteiger partial charge in [-0.15, -0.1) is 0 Å². The normalized spacial score (nSPS) is 16.8. The molecule has 7 nitrogen and oxygen atoms in total. The smallest absolute Gasteiger partial charge is 0.168 e. The lowest BCUT2D eigenvalue weighted by atomic mass is 10.1. The van der Waals surface area contributed by atoms with Gasteiger partial charge in [0.15, 0.2) is 17.5 Å². The number of pyridine rings is 2. The van der Waals surface area contributed by atoms with Crippen LogP contribution in [0.1, 0.15) is 18.5 Å². The van der Waals surface area contributed by atoms with Crippen molar-refractivity contribution < 1.29 is 8.78 Å². The molecule has 3 N–H and O–H groups in total. The standard InChI is InChI=1S/C21H21F2N7/c1-12-9-26-20(27-12)13-4-6-30-17(11-25-18(30)7-13)19-15(22)8-16(23)21(29-19)28-14-3-2-5-24-10-14/h4,6-9,11,14,24H,2-3,5,10H2,1H3,(H,26,27)(H,28,29). The van der Waals surface area contributed by atoms with E-state index in [1.54, 1.807) is 23.0 Å². The third-order valence-corrected chi connectivity index (χ3v) is 5.30. The fourth-order valence-corrected chi connectivity index (χ4v) is 3.78. The van der Waals surface area contributed by atoms with Gasteiger partial charge in [-0.1, -0.05) is 0 Å². The van der Waals surface area contributed by atoms with Gasteiger partial charge in [0.1, 0.15) is 17.2 Å². The topological polar surface area (TPSA) is 82.9 Å². The highest BCUT2D eigenvalue weighted by Gasteiger charge is 2.20. The van der Waals surface area contributed by atoms with Crippen molar-refractivity contribution in [3.05, 3.63) is 54.1 Å². The number of piperidine rings is 1. The molecule has 1 aliphatic rings. The van der Waals surface area contributed by atoms with E-state index >= 15 is 0 Å². The molecule has 154 valence electrons. The van der Waals surface area contributed by atoms with Crippen molar-refractivity contribution in [2.45, 2.75) is 25.8 Å². The van der Waals surface area contributed by atoms with E-state index in [0.717, 1.165) is 49.1 Å². The molecule has 1 saturated heterocycles. The number of imidazole rings is 2. The Kier molecular flexibility index (Phi) is 4.66. The number of H-pyrrole nitrogens is 1. The van der Waals surface area contributed by atoms with Gasteiger partial charge in [-0.3, -0.25) is 4.40 Å². The first-order valence-electron chi connectivity index (χ1n) is 9.91. The zero-order valence-electron chi connectivity index (χ0n) is 16.4. The molecule has 0 bridgehead atoms. The summed E-state index contributed by atoms with van der Waals surface area (Å²) in [6.07, 6.45) is 6.99. The molecule has 0 spiro atoms. The quantitative estimate of drug-likeness (QED) is 0.480. The number of nitrogens with zero attached hydrogens (tertiary/aromatic N) is 4. The van der Waals surface area contributed by atoms with Crippen molar-refractivity contribution >= 4 is 11.5 Å². The fourth-order valence-electron chi connectivity index (χ4n) is 3.78. The predicted octanol–water partition coefficient (Wildman–Crippen LogP) is 3.54. The number of nitrogens with one attached hydrogen (secondary N) is 3. The lowest BCUT2D eigenvalue weighted by molar-refractivity contribution is 0.475. The van der Waals surface area contributed by atoms with E-state index in [-0.39, 0.29) is 17.6 Å². The lowest BCUT2D eigenvalue weighted by Gasteiger charge is -2.24. The molecule has 0 aliphatic carbocycles. The largest absolute Gasteiger partial charge is 0.364 e. The molecule has 1 atom stereocenters. The molecule has 4 aromatic rings. The highest BCUT2D eigenvalue weighted by atomic mass is 19.1. The van der Waals surface area contributed by atoms with Crippen molar-refractivity contribution in [1.29, 1.82) is 0 Å². The monoisotopic (exact) mass is 409 g/mol. The molecule has 5 heterocycles. The van der Waals surface area contributed by atoms with E-state index in [9.17, 15) is 8.78 Å². The van der Waals surface area contributed by atoms with E-state index in [0.29, 0.717) is 11.3 Å². The van der Waals surface area contributed by atoms with Crippen LogP contribution in [0.15, 0.2) is 36.8 Å². The van der Waals surface area contributed by atoms with Gasteiger partial charge < -0.3 is 15.6 Å². The average Bonchev–Trinajstić information content (AvgIpc) is 3.36. The van der Waals surface area contributed by atoms with E-state index in [1.807, 2.05) is 19.1 Å². The SMILES string of the molecule is Cc1cnc(-c2ccn3c(-c4nc(NC5CCCNC5)c(F)cc4F)cnc3c2)[nH]1.